The van der Waals surface area contributed by atoms with Gasteiger partial charge in [0.15, 0.2) is 0 Å². The summed E-state index contributed by atoms with van der Waals surface area (Å²) in [6.07, 6.45) is -0.235. The number of Topliss-reactive ketones (excluding diaryl/α,β-unsaturated/α-hetero) is 1. The van der Waals surface area contributed by atoms with Crippen LogP contribution < -0.4 is 0 Å². The molecule has 120 valence electrons. The lowest BCUT2D eigenvalue weighted by Crippen LogP contribution is -2.15. The van der Waals surface area contributed by atoms with Crippen LogP contribution in [-0.2, 0) is 33.4 Å². The maximum absolute atomic E-state index is 11.1. The van der Waals surface area contributed by atoms with Gasteiger partial charge in [0.05, 0.1) is 32.5 Å². The highest BCUT2D eigenvalue weighted by Gasteiger charge is 2.06. The lowest BCUT2D eigenvalue weighted by atomic mass is 10.2. The lowest BCUT2D eigenvalue weighted by molar-refractivity contribution is -0.149. The second-order valence-electron chi connectivity index (χ2n) is 4.15. The second-order valence-corrected chi connectivity index (χ2v) is 4.15. The number of carboxylic acid groups (broad SMARTS) is 1. The van der Waals surface area contributed by atoms with Gasteiger partial charge in [-0.25, -0.2) is 0 Å². The molecule has 0 saturated carbocycles. The predicted molar refractivity (Wildman–Crippen MR) is 69.5 cm³/mol. The molecule has 0 saturated heterocycles. The summed E-state index contributed by atoms with van der Waals surface area (Å²) in [7, 11) is 0. The van der Waals surface area contributed by atoms with E-state index in [1.165, 1.54) is 6.92 Å². The van der Waals surface area contributed by atoms with E-state index in [1.54, 1.807) is 0 Å². The van der Waals surface area contributed by atoms with E-state index in [-0.39, 0.29) is 57.9 Å². The number of hydrogen-bond acceptors (Lipinski definition) is 7. The number of carboxylic acids is 1. The molecule has 0 aliphatic carbocycles. The number of carbonyl (C=O) groups is 4. The molecular weight excluding hydrogens is 284 g/mol. The van der Waals surface area contributed by atoms with Gasteiger partial charge in [0, 0.05) is 6.42 Å². The quantitative estimate of drug-likeness (QED) is 0.405. The van der Waals surface area contributed by atoms with Gasteiger partial charge in [0.2, 0.25) is 0 Å². The van der Waals surface area contributed by atoms with E-state index < -0.39 is 17.9 Å². The fraction of sp³-hybridized carbons (Fsp3) is 0.692. The Morgan fingerprint density at radius 1 is 0.762 bits per heavy atom. The van der Waals surface area contributed by atoms with Gasteiger partial charge in [-0.1, -0.05) is 0 Å². The smallest absolute Gasteiger partial charge is 0.306 e. The number of carbonyl (C=O) groups excluding carboxylic acids is 3. The van der Waals surface area contributed by atoms with E-state index in [2.05, 4.69) is 0 Å². The Bertz CT molecular complexity index is 329. The standard InChI is InChI=1S/C13H20O8/c1-10(14)2-4-12(17)20-8-6-19-7-9-21-13(18)5-3-11(15)16/h2-9H2,1H3,(H,15,16). The molecule has 0 unspecified atom stereocenters. The number of ether oxygens (including phenoxy) is 3. The Hall–Kier alpha value is -1.96. The molecule has 0 heterocycles. The third-order valence-corrected chi connectivity index (χ3v) is 2.21. The van der Waals surface area contributed by atoms with E-state index in [0.29, 0.717) is 0 Å². The van der Waals surface area contributed by atoms with E-state index in [1.807, 2.05) is 0 Å². The van der Waals surface area contributed by atoms with E-state index in [9.17, 15) is 19.2 Å². The Balaban J connectivity index is 3.36. The first kappa shape index (κ1) is 19.0. The van der Waals surface area contributed by atoms with Crippen molar-refractivity contribution in [1.82, 2.24) is 0 Å². The van der Waals surface area contributed by atoms with Crippen LogP contribution in [0.15, 0.2) is 0 Å². The zero-order valence-electron chi connectivity index (χ0n) is 12.0. The number of aliphatic carboxylic acids is 1. The van der Waals surface area contributed by atoms with Gasteiger partial charge < -0.3 is 24.1 Å². The first-order chi connectivity index (χ1) is 9.91. The van der Waals surface area contributed by atoms with Crippen molar-refractivity contribution in [3.05, 3.63) is 0 Å². The topological polar surface area (TPSA) is 116 Å². The molecule has 0 aromatic carbocycles. The molecule has 0 aromatic heterocycles. The normalized spacial score (nSPS) is 9.95. The van der Waals surface area contributed by atoms with Crippen molar-refractivity contribution in [2.24, 2.45) is 0 Å². The highest BCUT2D eigenvalue weighted by Crippen LogP contribution is 1.95. The number of esters is 2. The zero-order chi connectivity index (χ0) is 16.1. The molecule has 0 rings (SSSR count). The number of rotatable bonds is 12. The van der Waals surface area contributed by atoms with Crippen molar-refractivity contribution < 1.29 is 38.5 Å². The molecule has 8 heteroatoms. The summed E-state index contributed by atoms with van der Waals surface area (Å²) in [5.74, 6) is -2.20. The Morgan fingerprint density at radius 3 is 1.67 bits per heavy atom. The van der Waals surface area contributed by atoms with Crippen molar-refractivity contribution in [2.45, 2.75) is 32.6 Å². The SMILES string of the molecule is CC(=O)CCC(=O)OCCOCCOC(=O)CCC(=O)O. The molecule has 0 radical (unpaired) electrons. The number of hydrogen-bond donors (Lipinski definition) is 1. The van der Waals surface area contributed by atoms with E-state index in [0.717, 1.165) is 0 Å². The lowest BCUT2D eigenvalue weighted by Gasteiger charge is -2.06. The van der Waals surface area contributed by atoms with Crippen molar-refractivity contribution in [3.63, 3.8) is 0 Å². The van der Waals surface area contributed by atoms with Gasteiger partial charge in [-0.3, -0.25) is 14.4 Å². The maximum atomic E-state index is 11.1. The average Bonchev–Trinajstić information content (AvgIpc) is 2.41. The van der Waals surface area contributed by atoms with Crippen molar-refractivity contribution >= 4 is 23.7 Å². The highest BCUT2D eigenvalue weighted by molar-refractivity contribution is 5.80. The first-order valence-electron chi connectivity index (χ1n) is 6.52. The van der Waals surface area contributed by atoms with Crippen molar-refractivity contribution in [1.29, 1.82) is 0 Å². The monoisotopic (exact) mass is 304 g/mol. The Morgan fingerprint density at radius 2 is 1.24 bits per heavy atom. The summed E-state index contributed by atoms with van der Waals surface area (Å²) in [5, 5.41) is 8.35. The minimum atomic E-state index is -1.06. The van der Waals surface area contributed by atoms with Crippen LogP contribution in [0, 0.1) is 0 Å². The van der Waals surface area contributed by atoms with Crippen LogP contribution in [0.3, 0.4) is 0 Å². The van der Waals surface area contributed by atoms with Crippen LogP contribution in [0.25, 0.3) is 0 Å². The summed E-state index contributed by atoms with van der Waals surface area (Å²) >= 11 is 0. The molecule has 0 aliphatic rings. The second kappa shape index (κ2) is 11.8. The molecule has 0 aromatic rings. The average molecular weight is 304 g/mol. The third kappa shape index (κ3) is 14.3. The van der Waals surface area contributed by atoms with Crippen molar-refractivity contribution in [3.8, 4) is 0 Å². The minimum Gasteiger partial charge on any atom is -0.481 e. The van der Waals surface area contributed by atoms with E-state index >= 15 is 0 Å². The molecule has 0 aliphatic heterocycles. The van der Waals surface area contributed by atoms with Crippen LogP contribution in [0.1, 0.15) is 32.6 Å². The maximum Gasteiger partial charge on any atom is 0.306 e. The van der Waals surface area contributed by atoms with Crippen molar-refractivity contribution in [2.75, 3.05) is 26.4 Å². The van der Waals surface area contributed by atoms with Gasteiger partial charge in [0.1, 0.15) is 19.0 Å². The van der Waals surface area contributed by atoms with Gasteiger partial charge in [-0.15, -0.1) is 0 Å². The fourth-order valence-electron chi connectivity index (χ4n) is 1.16. The fourth-order valence-corrected chi connectivity index (χ4v) is 1.16. The molecule has 0 fully saturated rings. The van der Waals surface area contributed by atoms with Crippen LogP contribution in [0.4, 0.5) is 0 Å². The molecular formula is C13H20O8. The molecule has 0 amide bonds. The zero-order valence-corrected chi connectivity index (χ0v) is 12.0. The summed E-state index contributed by atoms with van der Waals surface area (Å²) in [4.78, 5) is 42.9. The van der Waals surface area contributed by atoms with Gasteiger partial charge in [0.25, 0.3) is 0 Å². The molecule has 8 nitrogen and oxygen atoms in total. The minimum absolute atomic E-state index is 0.0107. The molecule has 21 heavy (non-hydrogen) atoms. The summed E-state index contributed by atoms with van der Waals surface area (Å²) in [5.41, 5.74) is 0. The Labute approximate surface area is 122 Å². The van der Waals surface area contributed by atoms with Crippen LogP contribution in [0.5, 0.6) is 0 Å². The largest absolute Gasteiger partial charge is 0.481 e. The summed E-state index contributed by atoms with van der Waals surface area (Å²) < 4.78 is 14.6. The van der Waals surface area contributed by atoms with E-state index in [4.69, 9.17) is 19.3 Å². The van der Waals surface area contributed by atoms with Crippen LogP contribution in [0.2, 0.25) is 0 Å². The molecule has 0 bridgehead atoms. The van der Waals surface area contributed by atoms with Gasteiger partial charge in [-0.2, -0.15) is 0 Å². The van der Waals surface area contributed by atoms with Crippen LogP contribution >= 0.6 is 0 Å². The molecule has 1 N–H and O–H groups in total. The van der Waals surface area contributed by atoms with Gasteiger partial charge in [-0.05, 0) is 6.92 Å². The van der Waals surface area contributed by atoms with Gasteiger partial charge >= 0.3 is 17.9 Å². The highest BCUT2D eigenvalue weighted by atomic mass is 16.6. The molecule has 0 atom stereocenters. The predicted octanol–water partition coefficient (Wildman–Crippen LogP) is 0.323. The first-order valence-corrected chi connectivity index (χ1v) is 6.52. The molecule has 0 spiro atoms. The van der Waals surface area contributed by atoms with Crippen LogP contribution in [-0.4, -0.2) is 55.2 Å². The summed E-state index contributed by atoms with van der Waals surface area (Å²) in [6, 6.07) is 0. The Kier molecular flexibility index (Phi) is 10.7. The summed E-state index contributed by atoms with van der Waals surface area (Å²) in [6.45, 7) is 1.75. The third-order valence-electron chi connectivity index (χ3n) is 2.21. The number of ketones is 1.